The summed E-state index contributed by atoms with van der Waals surface area (Å²) in [6.07, 6.45) is 0. The Kier molecular flexibility index (Phi) is 1.88. The van der Waals surface area contributed by atoms with Crippen LogP contribution >= 0.6 is 11.6 Å². The molecule has 0 aliphatic heterocycles. The number of aromatic nitrogens is 2. The van der Waals surface area contributed by atoms with Crippen LogP contribution in [0.15, 0.2) is 18.2 Å². The molecule has 0 spiro atoms. The van der Waals surface area contributed by atoms with Crippen molar-refractivity contribution < 1.29 is 4.39 Å². The number of rotatable bonds is 0. The molecule has 4 heteroatoms. The van der Waals surface area contributed by atoms with Crippen molar-refractivity contribution in [2.24, 2.45) is 0 Å². The van der Waals surface area contributed by atoms with E-state index in [2.05, 4.69) is 9.97 Å². The summed E-state index contributed by atoms with van der Waals surface area (Å²) >= 11 is 5.82. The first-order chi connectivity index (χ1) is 6.18. The van der Waals surface area contributed by atoms with Gasteiger partial charge in [0.15, 0.2) is 0 Å². The van der Waals surface area contributed by atoms with E-state index >= 15 is 0 Å². The maximum Gasteiger partial charge on any atom is 0.149 e. The van der Waals surface area contributed by atoms with E-state index in [-0.39, 0.29) is 11.3 Å². The number of para-hydroxylation sites is 1. The molecule has 1 heterocycles. The highest BCUT2D eigenvalue weighted by Crippen LogP contribution is 2.21. The van der Waals surface area contributed by atoms with Crippen LogP contribution in [0, 0.1) is 12.7 Å². The molecule has 2 rings (SSSR count). The summed E-state index contributed by atoms with van der Waals surface area (Å²) in [6.45, 7) is 1.68. The maximum atomic E-state index is 13.2. The van der Waals surface area contributed by atoms with Gasteiger partial charge in [-0.1, -0.05) is 17.7 Å². The quantitative estimate of drug-likeness (QED) is 0.606. The fourth-order valence-electron chi connectivity index (χ4n) is 1.18. The topological polar surface area (TPSA) is 25.8 Å². The second-order valence-electron chi connectivity index (χ2n) is 2.70. The van der Waals surface area contributed by atoms with Crippen molar-refractivity contribution in [3.63, 3.8) is 0 Å². The Labute approximate surface area is 79.4 Å². The molecule has 0 atom stereocenters. The lowest BCUT2D eigenvalue weighted by Gasteiger charge is -2.00. The zero-order valence-corrected chi connectivity index (χ0v) is 7.64. The largest absolute Gasteiger partial charge is 0.230 e. The third-order valence-electron chi connectivity index (χ3n) is 1.74. The fraction of sp³-hybridized carbons (Fsp3) is 0.111. The number of nitrogens with zero attached hydrogens (tertiary/aromatic N) is 2. The van der Waals surface area contributed by atoms with Gasteiger partial charge < -0.3 is 0 Å². The molecule has 0 aliphatic rings. The number of benzene rings is 1. The second kappa shape index (κ2) is 2.92. The van der Waals surface area contributed by atoms with E-state index in [4.69, 9.17) is 11.6 Å². The van der Waals surface area contributed by atoms with Gasteiger partial charge in [0.1, 0.15) is 22.3 Å². The minimum Gasteiger partial charge on any atom is -0.230 e. The Balaban J connectivity index is 2.94. The SMILES string of the molecule is Cc1nc(Cl)c2cccc(F)c2n1. The molecule has 0 radical (unpaired) electrons. The van der Waals surface area contributed by atoms with Gasteiger partial charge in [-0.25, -0.2) is 14.4 Å². The van der Waals surface area contributed by atoms with Crippen molar-refractivity contribution in [1.82, 2.24) is 9.97 Å². The van der Waals surface area contributed by atoms with E-state index < -0.39 is 0 Å². The van der Waals surface area contributed by atoms with Crippen molar-refractivity contribution in [2.75, 3.05) is 0 Å². The molecule has 13 heavy (non-hydrogen) atoms. The summed E-state index contributed by atoms with van der Waals surface area (Å²) in [5.74, 6) is 0.104. The Hall–Kier alpha value is -1.22. The Morgan fingerprint density at radius 1 is 1.31 bits per heavy atom. The van der Waals surface area contributed by atoms with Crippen LogP contribution < -0.4 is 0 Å². The summed E-state index contributed by atoms with van der Waals surface area (Å²) in [5, 5.41) is 0.842. The predicted molar refractivity (Wildman–Crippen MR) is 49.2 cm³/mol. The van der Waals surface area contributed by atoms with Crippen molar-refractivity contribution in [1.29, 1.82) is 0 Å². The van der Waals surface area contributed by atoms with Gasteiger partial charge in [0.25, 0.3) is 0 Å². The summed E-state index contributed by atoms with van der Waals surface area (Å²) in [5.41, 5.74) is 0.278. The number of halogens is 2. The van der Waals surface area contributed by atoms with E-state index in [1.54, 1.807) is 19.1 Å². The highest BCUT2D eigenvalue weighted by Gasteiger charge is 2.06. The molecule has 0 saturated carbocycles. The van der Waals surface area contributed by atoms with Crippen molar-refractivity contribution in [3.8, 4) is 0 Å². The fourth-order valence-corrected chi connectivity index (χ4v) is 1.46. The molecule has 0 aliphatic carbocycles. The molecule has 0 fully saturated rings. The van der Waals surface area contributed by atoms with Gasteiger partial charge in [-0.05, 0) is 19.1 Å². The zero-order valence-electron chi connectivity index (χ0n) is 6.88. The Bertz CT molecular complexity index is 470. The first kappa shape index (κ1) is 8.38. The van der Waals surface area contributed by atoms with Crippen LogP contribution in [0.4, 0.5) is 4.39 Å². The minimum absolute atomic E-state index is 0.278. The Morgan fingerprint density at radius 2 is 2.08 bits per heavy atom. The van der Waals surface area contributed by atoms with Gasteiger partial charge in [0, 0.05) is 5.39 Å². The lowest BCUT2D eigenvalue weighted by atomic mass is 10.2. The molecule has 1 aromatic heterocycles. The van der Waals surface area contributed by atoms with Crippen molar-refractivity contribution in [2.45, 2.75) is 6.92 Å². The van der Waals surface area contributed by atoms with Gasteiger partial charge >= 0.3 is 0 Å². The minimum atomic E-state index is -0.370. The molecular formula is C9H6ClFN2. The number of aryl methyl sites for hydroxylation is 1. The smallest absolute Gasteiger partial charge is 0.149 e. The molecule has 0 N–H and O–H groups in total. The Morgan fingerprint density at radius 3 is 2.85 bits per heavy atom. The highest BCUT2D eigenvalue weighted by molar-refractivity contribution is 6.34. The molecule has 0 saturated heterocycles. The maximum absolute atomic E-state index is 13.2. The second-order valence-corrected chi connectivity index (χ2v) is 3.06. The average molecular weight is 197 g/mol. The number of hydrogen-bond acceptors (Lipinski definition) is 2. The first-order valence-electron chi connectivity index (χ1n) is 3.77. The van der Waals surface area contributed by atoms with Gasteiger partial charge in [0.2, 0.25) is 0 Å². The van der Waals surface area contributed by atoms with Crippen LogP contribution in [0.5, 0.6) is 0 Å². The normalized spacial score (nSPS) is 10.7. The van der Waals surface area contributed by atoms with E-state index in [1.165, 1.54) is 6.07 Å². The number of fused-ring (bicyclic) bond motifs is 1. The molecular weight excluding hydrogens is 191 g/mol. The van der Waals surface area contributed by atoms with Crippen LogP contribution in [0.1, 0.15) is 5.82 Å². The van der Waals surface area contributed by atoms with E-state index in [0.29, 0.717) is 16.4 Å². The molecule has 0 amide bonds. The molecule has 0 unspecified atom stereocenters. The van der Waals surface area contributed by atoms with E-state index in [1.807, 2.05) is 0 Å². The molecule has 2 nitrogen and oxygen atoms in total. The molecule has 2 aromatic rings. The van der Waals surface area contributed by atoms with Crippen LogP contribution in [-0.4, -0.2) is 9.97 Å². The summed E-state index contributed by atoms with van der Waals surface area (Å²) in [6, 6.07) is 4.63. The monoisotopic (exact) mass is 196 g/mol. The van der Waals surface area contributed by atoms with Gasteiger partial charge in [0.05, 0.1) is 0 Å². The molecule has 0 bridgehead atoms. The van der Waals surface area contributed by atoms with Crippen LogP contribution in [0.3, 0.4) is 0 Å². The molecule has 1 aromatic carbocycles. The van der Waals surface area contributed by atoms with E-state index in [9.17, 15) is 4.39 Å². The van der Waals surface area contributed by atoms with Crippen molar-refractivity contribution in [3.05, 3.63) is 35.0 Å². The predicted octanol–water partition coefficient (Wildman–Crippen LogP) is 2.73. The third-order valence-corrected chi connectivity index (χ3v) is 2.03. The van der Waals surface area contributed by atoms with E-state index in [0.717, 1.165) is 0 Å². The van der Waals surface area contributed by atoms with Crippen LogP contribution in [0.2, 0.25) is 5.15 Å². The third kappa shape index (κ3) is 1.35. The first-order valence-corrected chi connectivity index (χ1v) is 4.14. The standard InChI is InChI=1S/C9H6ClFN2/c1-5-12-8-6(9(10)13-5)3-2-4-7(8)11/h2-4H,1H3. The highest BCUT2D eigenvalue weighted by atomic mass is 35.5. The molecule has 66 valence electrons. The van der Waals surface area contributed by atoms with Gasteiger partial charge in [-0.3, -0.25) is 0 Å². The average Bonchev–Trinajstić information content (AvgIpc) is 2.07. The summed E-state index contributed by atoms with van der Waals surface area (Å²) < 4.78 is 13.2. The summed E-state index contributed by atoms with van der Waals surface area (Å²) in [4.78, 5) is 7.90. The van der Waals surface area contributed by atoms with Crippen molar-refractivity contribution >= 4 is 22.5 Å². The summed E-state index contributed by atoms with van der Waals surface area (Å²) in [7, 11) is 0. The van der Waals surface area contributed by atoms with Gasteiger partial charge in [-0.2, -0.15) is 0 Å². The van der Waals surface area contributed by atoms with Crippen LogP contribution in [0.25, 0.3) is 10.9 Å². The lowest BCUT2D eigenvalue weighted by Crippen LogP contribution is -1.92. The van der Waals surface area contributed by atoms with Crippen LogP contribution in [-0.2, 0) is 0 Å². The lowest BCUT2D eigenvalue weighted by molar-refractivity contribution is 0.636. The zero-order chi connectivity index (χ0) is 9.42. The number of hydrogen-bond donors (Lipinski definition) is 0. The van der Waals surface area contributed by atoms with Gasteiger partial charge in [-0.15, -0.1) is 0 Å².